The van der Waals surface area contributed by atoms with Crippen molar-refractivity contribution < 1.29 is 19.4 Å². The number of allylic oxidation sites excluding steroid dienone is 1. The van der Waals surface area contributed by atoms with Crippen molar-refractivity contribution in [3.05, 3.63) is 34.0 Å². The molecular formula is C14H16N2O5. The molecule has 0 aromatic carbocycles. The second kappa shape index (κ2) is 5.90. The van der Waals surface area contributed by atoms with E-state index < -0.39 is 17.5 Å². The van der Waals surface area contributed by atoms with E-state index in [2.05, 4.69) is 4.98 Å². The Morgan fingerprint density at radius 1 is 1.57 bits per heavy atom. The first-order valence-corrected chi connectivity index (χ1v) is 6.68. The number of fused-ring (bicyclic) bond motifs is 1. The number of aliphatic carboxylic acids is 1. The maximum Gasteiger partial charge on any atom is 0.345 e. The van der Waals surface area contributed by atoms with Crippen LogP contribution in [0.4, 0.5) is 0 Å². The molecule has 2 rings (SSSR count). The van der Waals surface area contributed by atoms with E-state index in [1.807, 2.05) is 6.92 Å². The molecule has 2 heterocycles. The number of hydrogen-bond donors (Lipinski definition) is 1. The molecule has 7 heteroatoms. The van der Waals surface area contributed by atoms with Gasteiger partial charge in [-0.15, -0.1) is 0 Å². The van der Waals surface area contributed by atoms with Crippen molar-refractivity contribution >= 4 is 17.5 Å². The molecule has 0 amide bonds. The van der Waals surface area contributed by atoms with Crippen LogP contribution in [-0.4, -0.2) is 33.2 Å². The summed E-state index contributed by atoms with van der Waals surface area (Å²) in [7, 11) is 0. The van der Waals surface area contributed by atoms with Crippen LogP contribution in [0, 0.1) is 0 Å². The van der Waals surface area contributed by atoms with Crippen molar-refractivity contribution in [2.75, 3.05) is 6.61 Å². The minimum absolute atomic E-state index is 0.135. The first-order chi connectivity index (χ1) is 9.95. The zero-order valence-corrected chi connectivity index (χ0v) is 11.8. The Morgan fingerprint density at radius 2 is 2.29 bits per heavy atom. The summed E-state index contributed by atoms with van der Waals surface area (Å²) < 4.78 is 6.19. The number of carboxylic acids is 1. The number of carbonyl (C=O) groups excluding carboxylic acids is 1. The molecule has 0 saturated heterocycles. The molecule has 1 aliphatic heterocycles. The number of nitrogens with zero attached hydrogens (tertiary/aromatic N) is 2. The van der Waals surface area contributed by atoms with Crippen molar-refractivity contribution in [2.45, 2.75) is 32.7 Å². The fraction of sp³-hybridized carbons (Fsp3) is 0.429. The van der Waals surface area contributed by atoms with Gasteiger partial charge in [-0.1, -0.05) is 0 Å². The van der Waals surface area contributed by atoms with Crippen molar-refractivity contribution in [1.29, 1.82) is 0 Å². The quantitative estimate of drug-likeness (QED) is 0.665. The normalized spacial score (nSPS) is 19.1. The van der Waals surface area contributed by atoms with Gasteiger partial charge >= 0.3 is 11.9 Å². The van der Waals surface area contributed by atoms with Gasteiger partial charge in [0.25, 0.3) is 5.56 Å². The first kappa shape index (κ1) is 15.0. The molecule has 1 aliphatic rings. The Labute approximate surface area is 120 Å². The van der Waals surface area contributed by atoms with Crippen LogP contribution in [0.5, 0.6) is 0 Å². The van der Waals surface area contributed by atoms with Gasteiger partial charge in [-0.05, 0) is 26.7 Å². The largest absolute Gasteiger partial charge is 0.478 e. The van der Waals surface area contributed by atoms with Crippen LogP contribution in [0.3, 0.4) is 0 Å². The van der Waals surface area contributed by atoms with Crippen LogP contribution >= 0.6 is 0 Å². The summed E-state index contributed by atoms with van der Waals surface area (Å²) in [4.78, 5) is 39.1. The van der Waals surface area contributed by atoms with E-state index in [0.717, 1.165) is 12.3 Å². The Bertz CT molecular complexity index is 674. The second-order valence-corrected chi connectivity index (χ2v) is 4.79. The van der Waals surface area contributed by atoms with Gasteiger partial charge in [0.05, 0.1) is 6.61 Å². The molecule has 0 fully saturated rings. The summed E-state index contributed by atoms with van der Waals surface area (Å²) in [6, 6.07) is -0.152. The number of carboxylic acid groups (broad SMARTS) is 1. The molecule has 0 saturated carbocycles. The lowest BCUT2D eigenvalue weighted by Gasteiger charge is -2.26. The molecule has 1 aromatic heterocycles. The van der Waals surface area contributed by atoms with Crippen LogP contribution < -0.4 is 5.56 Å². The van der Waals surface area contributed by atoms with Crippen molar-refractivity contribution in [3.8, 4) is 0 Å². The van der Waals surface area contributed by atoms with E-state index in [-0.39, 0.29) is 18.2 Å². The fourth-order valence-corrected chi connectivity index (χ4v) is 2.36. The van der Waals surface area contributed by atoms with Crippen LogP contribution in [0.1, 0.15) is 48.9 Å². The highest BCUT2D eigenvalue weighted by atomic mass is 16.5. The Hall–Kier alpha value is -2.44. The zero-order chi connectivity index (χ0) is 15.6. The predicted octanol–water partition coefficient (Wildman–Crippen LogP) is 1.24. The van der Waals surface area contributed by atoms with Gasteiger partial charge in [0, 0.05) is 23.9 Å². The lowest BCUT2D eigenvalue weighted by Crippen LogP contribution is -2.34. The SMILES string of the molecule is CCOC(=O)c1cnc2n(c1=O)C(C)CCC2=CC(=O)O. The summed E-state index contributed by atoms with van der Waals surface area (Å²) >= 11 is 0. The predicted molar refractivity (Wildman–Crippen MR) is 74.0 cm³/mol. The molecule has 21 heavy (non-hydrogen) atoms. The molecule has 7 nitrogen and oxygen atoms in total. The molecule has 0 aliphatic carbocycles. The summed E-state index contributed by atoms with van der Waals surface area (Å²) in [5, 5.41) is 8.87. The van der Waals surface area contributed by atoms with E-state index in [1.54, 1.807) is 6.92 Å². The van der Waals surface area contributed by atoms with Gasteiger partial charge in [-0.3, -0.25) is 9.36 Å². The Kier molecular flexibility index (Phi) is 4.21. The Balaban J connectivity index is 2.59. The van der Waals surface area contributed by atoms with E-state index in [9.17, 15) is 14.4 Å². The van der Waals surface area contributed by atoms with E-state index in [1.165, 1.54) is 4.57 Å². The van der Waals surface area contributed by atoms with Crippen LogP contribution in [-0.2, 0) is 9.53 Å². The van der Waals surface area contributed by atoms with Crippen LogP contribution in [0.25, 0.3) is 5.57 Å². The maximum absolute atomic E-state index is 12.4. The molecular weight excluding hydrogens is 276 g/mol. The van der Waals surface area contributed by atoms with Gasteiger partial charge in [-0.25, -0.2) is 14.6 Å². The third-order valence-corrected chi connectivity index (χ3v) is 3.35. The van der Waals surface area contributed by atoms with Crippen LogP contribution in [0.15, 0.2) is 17.1 Å². The van der Waals surface area contributed by atoms with E-state index >= 15 is 0 Å². The molecule has 1 N–H and O–H groups in total. The van der Waals surface area contributed by atoms with Crippen molar-refractivity contribution in [1.82, 2.24) is 9.55 Å². The molecule has 112 valence electrons. The van der Waals surface area contributed by atoms with Gasteiger partial charge in [-0.2, -0.15) is 0 Å². The number of aromatic nitrogens is 2. The number of esters is 1. The van der Waals surface area contributed by atoms with Crippen LogP contribution in [0.2, 0.25) is 0 Å². The third-order valence-electron chi connectivity index (χ3n) is 3.35. The van der Waals surface area contributed by atoms with Crippen molar-refractivity contribution in [2.24, 2.45) is 0 Å². The maximum atomic E-state index is 12.4. The molecule has 1 unspecified atom stereocenters. The first-order valence-electron chi connectivity index (χ1n) is 6.68. The number of ether oxygens (including phenoxy) is 1. The lowest BCUT2D eigenvalue weighted by atomic mass is 9.99. The van der Waals surface area contributed by atoms with Gasteiger partial charge in [0.2, 0.25) is 0 Å². The standard InChI is InChI=1S/C14H16N2O5/c1-3-21-14(20)10-7-15-12-9(6-11(17)18)5-4-8(2)16(12)13(10)19/h6-8H,3-5H2,1-2H3,(H,17,18). The van der Waals surface area contributed by atoms with E-state index in [0.29, 0.717) is 24.2 Å². The van der Waals surface area contributed by atoms with Gasteiger partial charge in [0.15, 0.2) is 0 Å². The highest BCUT2D eigenvalue weighted by Gasteiger charge is 2.26. The summed E-state index contributed by atoms with van der Waals surface area (Å²) in [5.41, 5.74) is -0.154. The smallest absolute Gasteiger partial charge is 0.345 e. The third kappa shape index (κ3) is 2.86. The number of rotatable bonds is 3. The minimum Gasteiger partial charge on any atom is -0.478 e. The number of hydrogen-bond acceptors (Lipinski definition) is 5. The fourth-order valence-electron chi connectivity index (χ4n) is 2.36. The highest BCUT2D eigenvalue weighted by Crippen LogP contribution is 2.29. The van der Waals surface area contributed by atoms with Gasteiger partial charge < -0.3 is 9.84 Å². The molecule has 1 atom stereocenters. The zero-order valence-electron chi connectivity index (χ0n) is 11.8. The highest BCUT2D eigenvalue weighted by molar-refractivity contribution is 5.90. The average Bonchev–Trinajstić information content (AvgIpc) is 2.41. The molecule has 0 bridgehead atoms. The van der Waals surface area contributed by atoms with Crippen molar-refractivity contribution in [3.63, 3.8) is 0 Å². The number of carbonyl (C=O) groups is 2. The summed E-state index contributed by atoms with van der Waals surface area (Å²) in [6.45, 7) is 3.65. The topological polar surface area (TPSA) is 98.5 Å². The second-order valence-electron chi connectivity index (χ2n) is 4.79. The minimum atomic E-state index is -1.09. The average molecular weight is 292 g/mol. The monoisotopic (exact) mass is 292 g/mol. The van der Waals surface area contributed by atoms with E-state index in [4.69, 9.17) is 9.84 Å². The Morgan fingerprint density at radius 3 is 2.90 bits per heavy atom. The molecule has 1 aromatic rings. The molecule has 0 radical (unpaired) electrons. The summed E-state index contributed by atoms with van der Waals surface area (Å²) in [5.74, 6) is -1.50. The molecule has 0 spiro atoms. The summed E-state index contributed by atoms with van der Waals surface area (Å²) in [6.07, 6.45) is 3.34. The lowest BCUT2D eigenvalue weighted by molar-refractivity contribution is -0.131. The van der Waals surface area contributed by atoms with Gasteiger partial charge in [0.1, 0.15) is 11.4 Å².